The maximum atomic E-state index is 13.5. The lowest BCUT2D eigenvalue weighted by molar-refractivity contribution is -0.226. The molecule has 11 nitrogen and oxygen atoms in total. The maximum absolute atomic E-state index is 13.5. The van der Waals surface area contributed by atoms with E-state index in [0.29, 0.717) is 49.5 Å². The number of carbonyl (C=O) groups excluding carboxylic acids is 3. The molecule has 2 aliphatic heterocycles. The average molecular weight is 756 g/mol. The Bertz CT molecular complexity index is 1660. The van der Waals surface area contributed by atoms with Crippen LogP contribution in [0.5, 0.6) is 11.5 Å². The molecule has 3 unspecified atom stereocenters. The number of allylic oxidation sites excluding steroid dienone is 2. The molecule has 3 aromatic rings. The van der Waals surface area contributed by atoms with E-state index in [1.165, 1.54) is 0 Å². The highest BCUT2D eigenvalue weighted by molar-refractivity contribution is 6.05. The summed E-state index contributed by atoms with van der Waals surface area (Å²) in [5.74, 6) is 0.0254. The van der Waals surface area contributed by atoms with Gasteiger partial charge >= 0.3 is 5.97 Å². The highest BCUT2D eigenvalue weighted by atomic mass is 16.7. The van der Waals surface area contributed by atoms with Gasteiger partial charge in [-0.2, -0.15) is 0 Å². The van der Waals surface area contributed by atoms with E-state index >= 15 is 0 Å². The average Bonchev–Trinajstić information content (AvgIpc) is 3.51. The fraction of sp³-hybridized carbons (Fsp3) is 0.477. The lowest BCUT2D eigenvalue weighted by Crippen LogP contribution is -2.40. The Morgan fingerprint density at radius 2 is 1.53 bits per heavy atom. The van der Waals surface area contributed by atoms with E-state index < -0.39 is 30.2 Å². The number of Topliss-reactive ketones (excluding diaryl/α,β-unsaturated/α-hetero) is 1. The van der Waals surface area contributed by atoms with Gasteiger partial charge in [0.15, 0.2) is 18.3 Å². The molecule has 0 aromatic heterocycles. The van der Waals surface area contributed by atoms with Crippen LogP contribution in [-0.4, -0.2) is 75.0 Å². The zero-order chi connectivity index (χ0) is 38.1. The monoisotopic (exact) mass is 755 g/mol. The molecule has 2 saturated heterocycles. The first-order valence-electron chi connectivity index (χ1n) is 19.7. The van der Waals surface area contributed by atoms with Gasteiger partial charge in [-0.25, -0.2) is 0 Å². The van der Waals surface area contributed by atoms with E-state index in [0.717, 1.165) is 44.3 Å². The number of hydrogen-bond donors (Lipinski definition) is 1. The lowest BCUT2D eigenvalue weighted by Gasteiger charge is -2.32. The molecule has 6 atom stereocenters. The number of unbranched alkanes of at least 4 members (excludes halogenated alkanes) is 1. The molecule has 1 saturated carbocycles. The largest absolute Gasteiger partial charge is 0.491 e. The van der Waals surface area contributed by atoms with Crippen LogP contribution in [0.2, 0.25) is 0 Å². The molecule has 3 aromatic carbocycles. The Kier molecular flexibility index (Phi) is 15.8. The smallest absolute Gasteiger partial charge is 0.311 e. The van der Waals surface area contributed by atoms with Crippen LogP contribution in [0.4, 0.5) is 5.69 Å². The maximum Gasteiger partial charge on any atom is 0.311 e. The summed E-state index contributed by atoms with van der Waals surface area (Å²) in [6.07, 6.45) is 9.68. The number of anilines is 1. The highest BCUT2D eigenvalue weighted by Crippen LogP contribution is 2.34. The summed E-state index contributed by atoms with van der Waals surface area (Å²) in [6, 6.07) is 25.3. The summed E-state index contributed by atoms with van der Waals surface area (Å²) in [5.41, 5.74) is 0.925. The van der Waals surface area contributed by atoms with E-state index in [-0.39, 0.29) is 50.3 Å². The highest BCUT2D eigenvalue weighted by Gasteiger charge is 2.45. The first kappa shape index (κ1) is 40.3. The molecule has 11 heteroatoms. The van der Waals surface area contributed by atoms with Crippen molar-refractivity contribution >= 4 is 23.3 Å². The second kappa shape index (κ2) is 21.6. The number of amides is 1. The van der Waals surface area contributed by atoms with Crippen molar-refractivity contribution in [2.75, 3.05) is 31.7 Å². The van der Waals surface area contributed by atoms with Gasteiger partial charge in [-0.1, -0.05) is 60.7 Å². The van der Waals surface area contributed by atoms with Crippen LogP contribution in [-0.2, 0) is 33.3 Å². The number of benzene rings is 3. The van der Waals surface area contributed by atoms with Gasteiger partial charge in [-0.3, -0.25) is 14.4 Å². The summed E-state index contributed by atoms with van der Waals surface area (Å²) in [7, 11) is 0. The van der Waals surface area contributed by atoms with Crippen LogP contribution in [0, 0.1) is 5.92 Å². The first-order chi connectivity index (χ1) is 27.0. The third-order valence-electron chi connectivity index (χ3n) is 9.88. The van der Waals surface area contributed by atoms with E-state index in [1.54, 1.807) is 48.5 Å². The van der Waals surface area contributed by atoms with Crippen LogP contribution < -0.4 is 14.8 Å². The molecular weight excluding hydrogens is 702 g/mol. The van der Waals surface area contributed by atoms with Crippen LogP contribution in [0.25, 0.3) is 0 Å². The zero-order valence-electron chi connectivity index (χ0n) is 31.4. The second-order valence-electron chi connectivity index (χ2n) is 14.1. The van der Waals surface area contributed by atoms with Crippen molar-refractivity contribution < 1.29 is 47.5 Å². The van der Waals surface area contributed by atoms with Crippen molar-refractivity contribution in [2.45, 2.75) is 102 Å². The Hall–Kier alpha value is -4.39. The Labute approximate surface area is 323 Å². The lowest BCUT2D eigenvalue weighted by atomic mass is 9.99. The zero-order valence-corrected chi connectivity index (χ0v) is 31.4. The van der Waals surface area contributed by atoms with Gasteiger partial charge in [-0.05, 0) is 94.2 Å². The van der Waals surface area contributed by atoms with Crippen molar-refractivity contribution in [3.8, 4) is 11.5 Å². The van der Waals surface area contributed by atoms with Gasteiger partial charge in [0.05, 0.1) is 30.4 Å². The number of para-hydroxylation sites is 3. The number of carbonyl (C=O) groups is 3. The SMILES string of the molecule is O=C(CCC/C=C\C[C@H]1C(=O)C[C@@H](OC2CCCCO2)[C@@H]1OCC(COc1ccccc1)OC1CCCCO1)Oc1ccccc1NC(=O)c1ccccc1. The standard InChI is InChI=1S/C44H53NO10/c46-37-29-39(55-42-26-14-16-28-50-42)43(52-31-34(53-41-25-13-15-27-49-41)30-51-33-19-7-4-8-20-33)35(37)21-9-1-2-10-24-40(47)54-38-23-12-11-22-36(38)45-44(48)32-17-5-3-6-18-32/h1,3-9,11-12,17-20,22-23,34-35,39,41-43H,2,10,13-16,21,24-31H2,(H,45,48)/b9-1-/t34?,35-,39+,41?,42?,43+/m0/s1. The van der Waals surface area contributed by atoms with E-state index in [4.69, 9.17) is 33.2 Å². The van der Waals surface area contributed by atoms with Gasteiger partial charge in [0.1, 0.15) is 24.2 Å². The fourth-order valence-electron chi connectivity index (χ4n) is 6.96. The molecule has 3 aliphatic rings. The number of ketones is 1. The van der Waals surface area contributed by atoms with Crippen molar-refractivity contribution in [3.63, 3.8) is 0 Å². The third-order valence-corrected chi connectivity index (χ3v) is 9.88. The molecular formula is C44H53NO10. The number of nitrogens with one attached hydrogen (secondary N) is 1. The second-order valence-corrected chi connectivity index (χ2v) is 14.1. The third kappa shape index (κ3) is 12.8. The van der Waals surface area contributed by atoms with Gasteiger partial charge in [0.25, 0.3) is 5.91 Å². The van der Waals surface area contributed by atoms with Crippen molar-refractivity contribution in [1.82, 2.24) is 0 Å². The minimum Gasteiger partial charge on any atom is -0.491 e. The fourth-order valence-corrected chi connectivity index (χ4v) is 6.96. The summed E-state index contributed by atoms with van der Waals surface area (Å²) in [4.78, 5) is 38.9. The van der Waals surface area contributed by atoms with E-state index in [9.17, 15) is 14.4 Å². The van der Waals surface area contributed by atoms with E-state index in [1.807, 2.05) is 48.6 Å². The summed E-state index contributed by atoms with van der Waals surface area (Å²) >= 11 is 0. The van der Waals surface area contributed by atoms with Gasteiger partial charge < -0.3 is 38.5 Å². The van der Waals surface area contributed by atoms with Gasteiger partial charge in [-0.15, -0.1) is 0 Å². The number of hydrogen-bond acceptors (Lipinski definition) is 10. The molecule has 1 N–H and O–H groups in total. The van der Waals surface area contributed by atoms with Crippen LogP contribution >= 0.6 is 0 Å². The number of esters is 1. The Morgan fingerprint density at radius 1 is 0.818 bits per heavy atom. The minimum absolute atomic E-state index is 0.0886. The molecule has 0 bridgehead atoms. The summed E-state index contributed by atoms with van der Waals surface area (Å²) in [6.45, 7) is 1.77. The van der Waals surface area contributed by atoms with Crippen LogP contribution in [0.3, 0.4) is 0 Å². The normalized spacial score (nSPS) is 23.3. The number of rotatable bonds is 19. The molecule has 55 heavy (non-hydrogen) atoms. The summed E-state index contributed by atoms with van der Waals surface area (Å²) < 4.78 is 42.8. The summed E-state index contributed by atoms with van der Waals surface area (Å²) in [5, 5.41) is 2.82. The molecule has 0 spiro atoms. The van der Waals surface area contributed by atoms with E-state index in [2.05, 4.69) is 5.32 Å². The minimum atomic E-state index is -0.491. The molecule has 3 fully saturated rings. The molecule has 1 aliphatic carbocycles. The van der Waals surface area contributed by atoms with Crippen LogP contribution in [0.1, 0.15) is 81.0 Å². The predicted molar refractivity (Wildman–Crippen MR) is 206 cm³/mol. The van der Waals surface area contributed by atoms with Crippen molar-refractivity contribution in [1.29, 1.82) is 0 Å². The molecule has 1 amide bonds. The molecule has 2 heterocycles. The Morgan fingerprint density at radius 3 is 2.27 bits per heavy atom. The molecule has 6 rings (SSSR count). The van der Waals surface area contributed by atoms with Crippen molar-refractivity contribution in [3.05, 3.63) is 103 Å². The predicted octanol–water partition coefficient (Wildman–Crippen LogP) is 7.84. The Balaban J connectivity index is 1.01. The quantitative estimate of drug-likeness (QED) is 0.0560. The molecule has 0 radical (unpaired) electrons. The van der Waals surface area contributed by atoms with Crippen LogP contribution in [0.15, 0.2) is 97.1 Å². The van der Waals surface area contributed by atoms with Gasteiger partial charge in [0.2, 0.25) is 0 Å². The van der Waals surface area contributed by atoms with Crippen molar-refractivity contribution in [2.24, 2.45) is 5.92 Å². The van der Waals surface area contributed by atoms with Gasteiger partial charge in [0, 0.05) is 31.6 Å². The molecule has 294 valence electrons. The number of ether oxygens (including phenoxy) is 7. The first-order valence-corrected chi connectivity index (χ1v) is 19.7. The topological polar surface area (TPSA) is 128 Å².